The van der Waals surface area contributed by atoms with Crippen LogP contribution in [0.1, 0.15) is 53.4 Å². The van der Waals surface area contributed by atoms with Crippen LogP contribution in [0.2, 0.25) is 0 Å². The van der Waals surface area contributed by atoms with Crippen molar-refractivity contribution in [2.75, 3.05) is 19.8 Å². The first-order valence-electron chi connectivity index (χ1n) is 7.30. The maximum Gasteiger partial charge on any atom is 0.221 e. The van der Waals surface area contributed by atoms with Gasteiger partial charge in [-0.05, 0) is 30.1 Å². The molecule has 1 aliphatic rings. The molecule has 1 saturated heterocycles. The number of carbonyl (C=O) groups is 1. The van der Waals surface area contributed by atoms with Gasteiger partial charge in [0, 0.05) is 32.2 Å². The number of hydrogen-bond acceptors (Lipinski definition) is 3. The summed E-state index contributed by atoms with van der Waals surface area (Å²) >= 11 is 0. The summed E-state index contributed by atoms with van der Waals surface area (Å²) in [5.74, 6) is 0.0736. The maximum atomic E-state index is 11.9. The highest BCUT2D eigenvalue weighted by Crippen LogP contribution is 2.28. The summed E-state index contributed by atoms with van der Waals surface area (Å²) in [5.41, 5.74) is 6.38. The molecule has 1 unspecified atom stereocenters. The Morgan fingerprint density at radius 2 is 1.95 bits per heavy atom. The first kappa shape index (κ1) is 16.4. The molecule has 3 N–H and O–H groups in total. The van der Waals surface area contributed by atoms with Crippen LogP contribution in [-0.2, 0) is 9.53 Å². The predicted octanol–water partition coefficient (Wildman–Crippen LogP) is 2.07. The summed E-state index contributed by atoms with van der Waals surface area (Å²) in [7, 11) is 0. The van der Waals surface area contributed by atoms with Crippen molar-refractivity contribution in [3.63, 3.8) is 0 Å². The average molecular weight is 270 g/mol. The molecule has 0 spiro atoms. The van der Waals surface area contributed by atoms with E-state index in [1.165, 1.54) is 0 Å². The summed E-state index contributed by atoms with van der Waals surface area (Å²) in [6, 6.07) is -0.0532. The monoisotopic (exact) mass is 270 g/mol. The molecule has 1 fully saturated rings. The van der Waals surface area contributed by atoms with E-state index in [2.05, 4.69) is 33.0 Å². The Morgan fingerprint density at radius 3 is 2.47 bits per heavy atom. The zero-order valence-electron chi connectivity index (χ0n) is 12.9. The predicted molar refractivity (Wildman–Crippen MR) is 77.8 cm³/mol. The van der Waals surface area contributed by atoms with Gasteiger partial charge < -0.3 is 15.8 Å². The molecule has 1 rings (SSSR count). The van der Waals surface area contributed by atoms with Gasteiger partial charge in [0.15, 0.2) is 0 Å². The molecule has 0 bridgehead atoms. The highest BCUT2D eigenvalue weighted by molar-refractivity contribution is 5.76. The number of nitrogens with two attached hydrogens (primary N) is 1. The molecular formula is C15H30N2O2. The first-order chi connectivity index (χ1) is 8.70. The van der Waals surface area contributed by atoms with Crippen molar-refractivity contribution in [1.29, 1.82) is 0 Å². The number of ether oxygens (including phenoxy) is 1. The third kappa shape index (κ3) is 6.92. The molecule has 4 nitrogen and oxygen atoms in total. The molecule has 4 heteroatoms. The Kier molecular flexibility index (Phi) is 5.81. The molecule has 1 aliphatic heterocycles. The van der Waals surface area contributed by atoms with Gasteiger partial charge >= 0.3 is 0 Å². The summed E-state index contributed by atoms with van der Waals surface area (Å²) in [5, 5.41) is 3.04. The Labute approximate surface area is 117 Å². The van der Waals surface area contributed by atoms with Crippen molar-refractivity contribution in [2.45, 2.75) is 59.4 Å². The van der Waals surface area contributed by atoms with Gasteiger partial charge in [0.2, 0.25) is 5.91 Å². The number of amides is 1. The third-order valence-corrected chi connectivity index (χ3v) is 3.73. The van der Waals surface area contributed by atoms with Gasteiger partial charge in [-0.25, -0.2) is 0 Å². The van der Waals surface area contributed by atoms with Crippen LogP contribution in [0.5, 0.6) is 0 Å². The van der Waals surface area contributed by atoms with Gasteiger partial charge in [-0.2, -0.15) is 0 Å². The number of carbonyl (C=O) groups excluding carboxylic acids is 1. The van der Waals surface area contributed by atoms with Gasteiger partial charge in [0.25, 0.3) is 0 Å². The van der Waals surface area contributed by atoms with Crippen LogP contribution in [0, 0.1) is 10.8 Å². The lowest BCUT2D eigenvalue weighted by atomic mass is 9.82. The summed E-state index contributed by atoms with van der Waals surface area (Å²) < 4.78 is 5.36. The summed E-state index contributed by atoms with van der Waals surface area (Å²) in [6.45, 7) is 11.0. The molecule has 1 heterocycles. The van der Waals surface area contributed by atoms with Gasteiger partial charge in [0.1, 0.15) is 0 Å². The highest BCUT2D eigenvalue weighted by Gasteiger charge is 2.28. The van der Waals surface area contributed by atoms with Gasteiger partial charge in [-0.3, -0.25) is 4.79 Å². The smallest absolute Gasteiger partial charge is 0.221 e. The van der Waals surface area contributed by atoms with Crippen LogP contribution in [0.4, 0.5) is 0 Å². The minimum absolute atomic E-state index is 0.0532. The zero-order chi connectivity index (χ0) is 14.5. The van der Waals surface area contributed by atoms with Crippen molar-refractivity contribution in [3.05, 3.63) is 0 Å². The van der Waals surface area contributed by atoms with E-state index in [1.807, 2.05) is 0 Å². The fraction of sp³-hybridized carbons (Fsp3) is 0.933. The standard InChI is InChI=1S/C15H30N2O2/c1-14(2,3)10-12(16)9-13(18)17-11-15(4)5-7-19-8-6-15/h12H,5-11,16H2,1-4H3,(H,17,18). The topological polar surface area (TPSA) is 64.4 Å². The summed E-state index contributed by atoms with van der Waals surface area (Å²) in [4.78, 5) is 11.9. The molecule has 0 saturated carbocycles. The third-order valence-electron chi connectivity index (χ3n) is 3.73. The Balaban J connectivity index is 2.27. The molecule has 1 amide bonds. The highest BCUT2D eigenvalue weighted by atomic mass is 16.5. The first-order valence-corrected chi connectivity index (χ1v) is 7.30. The molecule has 1 atom stereocenters. The molecule has 0 aromatic carbocycles. The second kappa shape index (κ2) is 6.71. The van der Waals surface area contributed by atoms with Crippen molar-refractivity contribution in [3.8, 4) is 0 Å². The van der Waals surface area contributed by atoms with Crippen LogP contribution in [0.15, 0.2) is 0 Å². The van der Waals surface area contributed by atoms with E-state index in [-0.39, 0.29) is 22.8 Å². The largest absolute Gasteiger partial charge is 0.381 e. The Hall–Kier alpha value is -0.610. The normalized spacial score (nSPS) is 20.9. The number of hydrogen-bond donors (Lipinski definition) is 2. The van der Waals surface area contributed by atoms with E-state index >= 15 is 0 Å². The number of rotatable bonds is 5. The second-order valence-electron chi connectivity index (χ2n) is 7.43. The molecular weight excluding hydrogens is 240 g/mol. The van der Waals surface area contributed by atoms with Crippen LogP contribution in [0.3, 0.4) is 0 Å². The maximum absolute atomic E-state index is 11.9. The molecule has 0 aromatic rings. The average Bonchev–Trinajstić information content (AvgIpc) is 2.25. The van der Waals surface area contributed by atoms with Gasteiger partial charge in [-0.1, -0.05) is 27.7 Å². The molecule has 112 valence electrons. The van der Waals surface area contributed by atoms with Crippen LogP contribution >= 0.6 is 0 Å². The fourth-order valence-corrected chi connectivity index (χ4v) is 2.52. The molecule has 0 aliphatic carbocycles. The summed E-state index contributed by atoms with van der Waals surface area (Å²) in [6.07, 6.45) is 3.32. The van der Waals surface area contributed by atoms with Crippen LogP contribution < -0.4 is 11.1 Å². The van der Waals surface area contributed by atoms with Crippen molar-refractivity contribution < 1.29 is 9.53 Å². The lowest BCUT2D eigenvalue weighted by Crippen LogP contribution is -2.41. The van der Waals surface area contributed by atoms with Crippen molar-refractivity contribution in [2.24, 2.45) is 16.6 Å². The van der Waals surface area contributed by atoms with Crippen LogP contribution in [0.25, 0.3) is 0 Å². The quantitative estimate of drug-likeness (QED) is 0.804. The second-order valence-corrected chi connectivity index (χ2v) is 7.43. The molecule has 19 heavy (non-hydrogen) atoms. The Morgan fingerprint density at radius 1 is 1.37 bits per heavy atom. The van der Waals surface area contributed by atoms with E-state index in [1.54, 1.807) is 0 Å². The lowest BCUT2D eigenvalue weighted by molar-refractivity contribution is -0.122. The van der Waals surface area contributed by atoms with Crippen LogP contribution in [-0.4, -0.2) is 31.7 Å². The van der Waals surface area contributed by atoms with Gasteiger partial charge in [-0.15, -0.1) is 0 Å². The van der Waals surface area contributed by atoms with E-state index < -0.39 is 0 Å². The number of nitrogens with one attached hydrogen (secondary N) is 1. The van der Waals surface area contributed by atoms with E-state index in [9.17, 15) is 4.79 Å². The van der Waals surface area contributed by atoms with E-state index in [0.29, 0.717) is 6.42 Å². The zero-order valence-corrected chi connectivity index (χ0v) is 12.9. The molecule has 0 aromatic heterocycles. The lowest BCUT2D eigenvalue weighted by Gasteiger charge is -2.33. The van der Waals surface area contributed by atoms with Gasteiger partial charge in [0.05, 0.1) is 0 Å². The van der Waals surface area contributed by atoms with E-state index in [0.717, 1.165) is 39.0 Å². The van der Waals surface area contributed by atoms with E-state index in [4.69, 9.17) is 10.5 Å². The Bertz CT molecular complexity index is 291. The van der Waals surface area contributed by atoms with Crippen molar-refractivity contribution in [1.82, 2.24) is 5.32 Å². The fourth-order valence-electron chi connectivity index (χ4n) is 2.52. The SMILES string of the molecule is CC(C)(C)CC(N)CC(=O)NCC1(C)CCOCC1. The molecule has 0 radical (unpaired) electrons. The minimum Gasteiger partial charge on any atom is -0.381 e. The van der Waals surface area contributed by atoms with Crippen molar-refractivity contribution >= 4 is 5.91 Å². The minimum atomic E-state index is -0.0532.